The highest BCUT2D eigenvalue weighted by Crippen LogP contribution is 2.11. The van der Waals surface area contributed by atoms with Crippen LogP contribution in [0.15, 0.2) is 24.3 Å². The van der Waals surface area contributed by atoms with Crippen molar-refractivity contribution in [3.8, 4) is 5.75 Å². The van der Waals surface area contributed by atoms with Gasteiger partial charge in [0, 0.05) is 6.54 Å². The summed E-state index contributed by atoms with van der Waals surface area (Å²) in [4.78, 5) is 0. The summed E-state index contributed by atoms with van der Waals surface area (Å²) >= 11 is 0. The van der Waals surface area contributed by atoms with Gasteiger partial charge in [0.15, 0.2) is 0 Å². The van der Waals surface area contributed by atoms with Gasteiger partial charge in [0.05, 0.1) is 0 Å². The summed E-state index contributed by atoms with van der Waals surface area (Å²) < 4.78 is 17.8. The third kappa shape index (κ3) is 3.42. The first-order valence-corrected chi connectivity index (χ1v) is 4.26. The van der Waals surface area contributed by atoms with Crippen LogP contribution < -0.4 is 10.5 Å². The highest BCUT2D eigenvalue weighted by Gasteiger charge is 2.03. The van der Waals surface area contributed by atoms with Crippen LogP contribution in [0, 0.1) is 6.92 Å². The molecule has 0 aliphatic heterocycles. The van der Waals surface area contributed by atoms with Crippen molar-refractivity contribution >= 4 is 0 Å². The normalized spacial score (nSPS) is 12.5. The molecule has 1 aromatic carbocycles. The van der Waals surface area contributed by atoms with Crippen molar-refractivity contribution in [3.63, 3.8) is 0 Å². The van der Waals surface area contributed by atoms with Crippen molar-refractivity contribution in [1.29, 1.82) is 0 Å². The van der Waals surface area contributed by atoms with Crippen LogP contribution >= 0.6 is 0 Å². The zero-order valence-corrected chi connectivity index (χ0v) is 7.66. The van der Waals surface area contributed by atoms with Crippen molar-refractivity contribution in [3.05, 3.63) is 29.8 Å². The lowest BCUT2D eigenvalue weighted by atomic mass is 10.2. The maximum atomic E-state index is 12.6. The Kier molecular flexibility index (Phi) is 3.71. The van der Waals surface area contributed by atoms with Gasteiger partial charge in [-0.3, -0.25) is 0 Å². The molecule has 72 valence electrons. The third-order valence-corrected chi connectivity index (χ3v) is 1.71. The molecule has 0 aliphatic carbocycles. The predicted molar refractivity (Wildman–Crippen MR) is 50.6 cm³/mol. The molecule has 0 radical (unpaired) electrons. The van der Waals surface area contributed by atoms with E-state index in [0.717, 1.165) is 5.56 Å². The van der Waals surface area contributed by atoms with Crippen LogP contribution in [0.2, 0.25) is 0 Å². The van der Waals surface area contributed by atoms with E-state index >= 15 is 0 Å². The molecule has 0 saturated heterocycles. The van der Waals surface area contributed by atoms with Gasteiger partial charge in [-0.15, -0.1) is 0 Å². The van der Waals surface area contributed by atoms with Crippen molar-refractivity contribution in [2.24, 2.45) is 5.73 Å². The first-order chi connectivity index (χ1) is 6.22. The molecule has 3 heteroatoms. The largest absolute Gasteiger partial charge is 0.491 e. The summed E-state index contributed by atoms with van der Waals surface area (Å²) in [6.07, 6.45) is -1.08. The van der Waals surface area contributed by atoms with Crippen LogP contribution in [0.5, 0.6) is 5.75 Å². The topological polar surface area (TPSA) is 35.2 Å². The lowest BCUT2D eigenvalue weighted by Crippen LogP contribution is -2.22. The van der Waals surface area contributed by atoms with E-state index in [1.807, 2.05) is 31.2 Å². The molecule has 0 bridgehead atoms. The van der Waals surface area contributed by atoms with Crippen molar-refractivity contribution < 1.29 is 9.13 Å². The van der Waals surface area contributed by atoms with Crippen molar-refractivity contribution in [1.82, 2.24) is 0 Å². The predicted octanol–water partition coefficient (Wildman–Crippen LogP) is 1.67. The van der Waals surface area contributed by atoms with Crippen LogP contribution in [0.1, 0.15) is 5.56 Å². The molecule has 0 spiro atoms. The van der Waals surface area contributed by atoms with Crippen molar-refractivity contribution in [2.45, 2.75) is 13.1 Å². The zero-order valence-electron chi connectivity index (χ0n) is 7.66. The number of hydrogen-bond donors (Lipinski definition) is 1. The second-order valence-electron chi connectivity index (χ2n) is 2.96. The number of ether oxygens (including phenoxy) is 1. The molecule has 13 heavy (non-hydrogen) atoms. The summed E-state index contributed by atoms with van der Waals surface area (Å²) in [7, 11) is 0. The Bertz CT molecular complexity index is 248. The highest BCUT2D eigenvalue weighted by molar-refractivity contribution is 5.26. The zero-order chi connectivity index (χ0) is 9.68. The summed E-state index contributed by atoms with van der Waals surface area (Å²) in [6.45, 7) is 2.02. The molecular formula is C10H14FNO. The maximum absolute atomic E-state index is 12.6. The molecule has 1 rings (SSSR count). The Labute approximate surface area is 77.5 Å². The maximum Gasteiger partial charge on any atom is 0.146 e. The quantitative estimate of drug-likeness (QED) is 0.770. The molecule has 0 aliphatic rings. The van der Waals surface area contributed by atoms with E-state index in [4.69, 9.17) is 10.5 Å². The van der Waals surface area contributed by atoms with Crippen molar-refractivity contribution in [2.75, 3.05) is 13.2 Å². The van der Waals surface area contributed by atoms with E-state index in [0.29, 0.717) is 5.75 Å². The molecule has 1 aromatic rings. The van der Waals surface area contributed by atoms with Crippen LogP contribution in [0.25, 0.3) is 0 Å². The average molecular weight is 183 g/mol. The van der Waals surface area contributed by atoms with E-state index in [1.54, 1.807) is 0 Å². The monoisotopic (exact) mass is 183 g/mol. The molecule has 0 aromatic heterocycles. The van der Waals surface area contributed by atoms with Gasteiger partial charge >= 0.3 is 0 Å². The van der Waals surface area contributed by atoms with Gasteiger partial charge in [-0.05, 0) is 19.1 Å². The number of hydrogen-bond acceptors (Lipinski definition) is 2. The number of alkyl halides is 1. The van der Waals surface area contributed by atoms with Crippen LogP contribution in [-0.2, 0) is 0 Å². The van der Waals surface area contributed by atoms with Gasteiger partial charge in [-0.1, -0.05) is 17.7 Å². The number of aryl methyl sites for hydroxylation is 1. The van der Waals surface area contributed by atoms with Gasteiger partial charge in [0.2, 0.25) is 0 Å². The third-order valence-electron chi connectivity index (χ3n) is 1.71. The SMILES string of the molecule is Cc1ccc(OC[C@@H](F)CN)cc1. The molecule has 2 N–H and O–H groups in total. The number of halogens is 1. The van der Waals surface area contributed by atoms with E-state index < -0.39 is 6.17 Å². The lowest BCUT2D eigenvalue weighted by molar-refractivity contribution is 0.201. The van der Waals surface area contributed by atoms with Gasteiger partial charge < -0.3 is 10.5 Å². The van der Waals surface area contributed by atoms with Gasteiger partial charge in [-0.25, -0.2) is 4.39 Å². The Balaban J connectivity index is 2.41. The smallest absolute Gasteiger partial charge is 0.146 e. The highest BCUT2D eigenvalue weighted by atomic mass is 19.1. The first kappa shape index (κ1) is 9.99. The summed E-state index contributed by atoms with van der Waals surface area (Å²) in [5, 5.41) is 0. The number of benzene rings is 1. The standard InChI is InChI=1S/C10H14FNO/c1-8-2-4-10(5-3-8)13-7-9(11)6-12/h2-5,9H,6-7,12H2,1H3/t9-/m0/s1. The Hall–Kier alpha value is -1.09. The molecular weight excluding hydrogens is 169 g/mol. The molecule has 0 unspecified atom stereocenters. The van der Waals surface area contributed by atoms with Gasteiger partial charge in [-0.2, -0.15) is 0 Å². The van der Waals surface area contributed by atoms with E-state index in [1.165, 1.54) is 0 Å². The summed E-state index contributed by atoms with van der Waals surface area (Å²) in [6, 6.07) is 7.48. The minimum Gasteiger partial charge on any atom is -0.491 e. The fraction of sp³-hybridized carbons (Fsp3) is 0.400. The molecule has 0 amide bonds. The second kappa shape index (κ2) is 4.82. The fourth-order valence-corrected chi connectivity index (χ4v) is 0.889. The molecule has 2 nitrogen and oxygen atoms in total. The Morgan fingerprint density at radius 2 is 2.00 bits per heavy atom. The van der Waals surface area contributed by atoms with Crippen LogP contribution in [-0.4, -0.2) is 19.3 Å². The second-order valence-corrected chi connectivity index (χ2v) is 2.96. The summed E-state index contributed by atoms with van der Waals surface area (Å²) in [5.41, 5.74) is 6.26. The molecule has 0 saturated carbocycles. The van der Waals surface area contributed by atoms with Crippen LogP contribution in [0.4, 0.5) is 4.39 Å². The van der Waals surface area contributed by atoms with Gasteiger partial charge in [0.1, 0.15) is 18.5 Å². The molecule has 1 atom stereocenters. The fourth-order valence-electron chi connectivity index (χ4n) is 0.889. The van der Waals surface area contributed by atoms with E-state index in [-0.39, 0.29) is 13.2 Å². The molecule has 0 heterocycles. The van der Waals surface area contributed by atoms with E-state index in [9.17, 15) is 4.39 Å². The minimum absolute atomic E-state index is 0.00581. The Morgan fingerprint density at radius 3 is 2.54 bits per heavy atom. The number of nitrogens with two attached hydrogens (primary N) is 1. The van der Waals surface area contributed by atoms with Crippen LogP contribution in [0.3, 0.4) is 0 Å². The van der Waals surface area contributed by atoms with E-state index in [2.05, 4.69) is 0 Å². The molecule has 0 fully saturated rings. The first-order valence-electron chi connectivity index (χ1n) is 4.26. The summed E-state index contributed by atoms with van der Waals surface area (Å²) in [5.74, 6) is 0.682. The Morgan fingerprint density at radius 1 is 1.38 bits per heavy atom. The minimum atomic E-state index is -1.08. The van der Waals surface area contributed by atoms with Gasteiger partial charge in [0.25, 0.3) is 0 Å². The number of rotatable bonds is 4. The lowest BCUT2D eigenvalue weighted by Gasteiger charge is -2.08. The average Bonchev–Trinajstić information content (AvgIpc) is 2.16.